The van der Waals surface area contributed by atoms with Gasteiger partial charge in [-0.1, -0.05) is 12.2 Å². The Morgan fingerprint density at radius 1 is 0.742 bits per heavy atom. The summed E-state index contributed by atoms with van der Waals surface area (Å²) in [5.41, 5.74) is 1.03. The topological polar surface area (TPSA) is 115 Å². The molecule has 8 heteroatoms. The first-order valence-electron chi connectivity index (χ1n) is 9.03. The van der Waals surface area contributed by atoms with Crippen molar-refractivity contribution in [2.24, 2.45) is 0 Å². The van der Waals surface area contributed by atoms with Gasteiger partial charge in [-0.2, -0.15) is 0 Å². The van der Waals surface area contributed by atoms with Crippen LogP contribution in [-0.4, -0.2) is 49.5 Å². The van der Waals surface area contributed by atoms with Crippen molar-refractivity contribution < 1.29 is 39.1 Å². The van der Waals surface area contributed by atoms with Crippen molar-refractivity contribution in [2.75, 3.05) is 28.4 Å². The van der Waals surface area contributed by atoms with E-state index in [1.165, 1.54) is 64.9 Å². The summed E-state index contributed by atoms with van der Waals surface area (Å²) in [5, 5.41) is 29.9. The Hall–Kier alpha value is -4.07. The number of aliphatic hydroxyl groups excluding tert-OH is 1. The van der Waals surface area contributed by atoms with Crippen LogP contribution in [0.5, 0.6) is 34.5 Å². The highest BCUT2D eigenvalue weighted by molar-refractivity contribution is 6.02. The fourth-order valence-electron chi connectivity index (χ4n) is 2.72. The molecule has 0 saturated carbocycles. The Kier molecular flexibility index (Phi) is 7.96. The largest absolute Gasteiger partial charge is 0.508 e. The summed E-state index contributed by atoms with van der Waals surface area (Å²) in [6.07, 6.45) is 6.51. The second-order valence-electron chi connectivity index (χ2n) is 6.19. The minimum atomic E-state index is -0.480. The molecule has 0 aromatic heterocycles. The number of ether oxygens (including phenoxy) is 4. The van der Waals surface area contributed by atoms with Crippen LogP contribution in [0.3, 0.4) is 0 Å². The molecular weight excluding hydrogens is 404 g/mol. The zero-order chi connectivity index (χ0) is 23.0. The van der Waals surface area contributed by atoms with Crippen molar-refractivity contribution in [2.45, 2.75) is 0 Å². The maximum absolute atomic E-state index is 12.1. The number of carbonyl (C=O) groups is 1. The number of hydrogen-bond donors (Lipinski definition) is 3. The van der Waals surface area contributed by atoms with Gasteiger partial charge < -0.3 is 34.3 Å². The number of allylic oxidation sites excluding steroid dienone is 3. The quantitative estimate of drug-likeness (QED) is 0.313. The molecule has 0 radical (unpaired) electrons. The number of aliphatic hydroxyl groups is 1. The maximum atomic E-state index is 12.1. The molecule has 2 rings (SSSR count). The summed E-state index contributed by atoms with van der Waals surface area (Å²) in [5.74, 6) is -0.00561. The lowest BCUT2D eigenvalue weighted by Gasteiger charge is -2.10. The summed E-state index contributed by atoms with van der Waals surface area (Å²) in [4.78, 5) is 12.1. The van der Waals surface area contributed by atoms with Crippen molar-refractivity contribution in [3.63, 3.8) is 0 Å². The normalized spacial score (nSPS) is 11.7. The summed E-state index contributed by atoms with van der Waals surface area (Å²) >= 11 is 0. The van der Waals surface area contributed by atoms with Gasteiger partial charge in [0, 0.05) is 6.08 Å². The van der Waals surface area contributed by atoms with Crippen molar-refractivity contribution in [3.8, 4) is 34.5 Å². The van der Waals surface area contributed by atoms with Crippen LogP contribution in [0.4, 0.5) is 0 Å². The lowest BCUT2D eigenvalue weighted by Crippen LogP contribution is -1.92. The number of rotatable bonds is 9. The number of phenolic OH excluding ortho intramolecular Hbond substituents is 2. The first kappa shape index (κ1) is 23.2. The molecule has 0 aliphatic rings. The Bertz CT molecular complexity index is 1030. The van der Waals surface area contributed by atoms with Crippen LogP contribution in [-0.2, 0) is 4.79 Å². The SMILES string of the molecule is COc1cc(/C=C/C(=O)C=C(O)/C=C/c2cc(O)c(OC)c(OC)c2)cc(O)c1OC. The van der Waals surface area contributed by atoms with Crippen LogP contribution < -0.4 is 18.9 Å². The number of methoxy groups -OCH3 is 4. The van der Waals surface area contributed by atoms with Gasteiger partial charge in [-0.3, -0.25) is 4.79 Å². The average Bonchev–Trinajstić information content (AvgIpc) is 2.75. The summed E-state index contributed by atoms with van der Waals surface area (Å²) in [6.45, 7) is 0. The van der Waals surface area contributed by atoms with E-state index < -0.39 is 5.78 Å². The van der Waals surface area contributed by atoms with Crippen LogP contribution in [0.25, 0.3) is 12.2 Å². The van der Waals surface area contributed by atoms with Crippen molar-refractivity contribution in [3.05, 3.63) is 59.4 Å². The predicted molar refractivity (Wildman–Crippen MR) is 116 cm³/mol. The van der Waals surface area contributed by atoms with E-state index in [4.69, 9.17) is 18.9 Å². The monoisotopic (exact) mass is 428 g/mol. The van der Waals surface area contributed by atoms with Gasteiger partial charge in [-0.05, 0) is 47.5 Å². The van der Waals surface area contributed by atoms with Gasteiger partial charge in [0.05, 0.1) is 28.4 Å². The van der Waals surface area contributed by atoms with Gasteiger partial charge in [-0.15, -0.1) is 0 Å². The van der Waals surface area contributed by atoms with Crippen molar-refractivity contribution in [1.82, 2.24) is 0 Å². The molecule has 0 aliphatic heterocycles. The molecule has 0 bridgehead atoms. The summed E-state index contributed by atoms with van der Waals surface area (Å²) in [6, 6.07) is 6.04. The standard InChI is InChI=1S/C23H24O8/c1-28-20-11-14(9-18(26)22(20)30-3)5-7-16(24)13-17(25)8-6-15-10-19(27)23(31-4)21(12-15)29-2/h5-13,24,26-27H,1-4H3/b7-5+,8-6+,16-13?. The highest BCUT2D eigenvalue weighted by Crippen LogP contribution is 2.38. The van der Waals surface area contributed by atoms with E-state index in [1.807, 2.05) is 0 Å². The highest BCUT2D eigenvalue weighted by Gasteiger charge is 2.11. The molecule has 8 nitrogen and oxygen atoms in total. The zero-order valence-electron chi connectivity index (χ0n) is 17.6. The number of aromatic hydroxyl groups is 2. The maximum Gasteiger partial charge on any atom is 0.203 e. The molecule has 0 saturated heterocycles. The van der Waals surface area contributed by atoms with E-state index in [0.29, 0.717) is 22.6 Å². The Labute approximate surface area is 179 Å². The summed E-state index contributed by atoms with van der Waals surface area (Å²) < 4.78 is 20.4. The third-order valence-corrected chi connectivity index (χ3v) is 4.14. The lowest BCUT2D eigenvalue weighted by atomic mass is 10.1. The molecule has 2 aromatic rings. The third kappa shape index (κ3) is 5.96. The van der Waals surface area contributed by atoms with Crippen LogP contribution in [0.1, 0.15) is 11.1 Å². The average molecular weight is 428 g/mol. The molecule has 0 heterocycles. The van der Waals surface area contributed by atoms with Crippen molar-refractivity contribution >= 4 is 17.9 Å². The van der Waals surface area contributed by atoms with Gasteiger partial charge in [-0.25, -0.2) is 0 Å². The first-order chi connectivity index (χ1) is 14.8. The first-order valence-corrected chi connectivity index (χ1v) is 9.03. The van der Waals surface area contributed by atoms with E-state index in [9.17, 15) is 20.1 Å². The van der Waals surface area contributed by atoms with Gasteiger partial charge >= 0.3 is 0 Å². The highest BCUT2D eigenvalue weighted by atomic mass is 16.5. The fraction of sp³-hybridized carbons (Fsp3) is 0.174. The molecule has 0 aliphatic carbocycles. The molecular formula is C23H24O8. The van der Waals surface area contributed by atoms with E-state index >= 15 is 0 Å². The molecule has 0 spiro atoms. The summed E-state index contributed by atoms with van der Waals surface area (Å²) in [7, 11) is 5.68. The van der Waals surface area contributed by atoms with Gasteiger partial charge in [0.2, 0.25) is 11.5 Å². The number of ketones is 1. The molecule has 0 atom stereocenters. The van der Waals surface area contributed by atoms with Gasteiger partial charge in [0.25, 0.3) is 0 Å². The molecule has 3 N–H and O–H groups in total. The van der Waals surface area contributed by atoms with E-state index in [-0.39, 0.29) is 28.8 Å². The van der Waals surface area contributed by atoms with Gasteiger partial charge in [0.1, 0.15) is 5.76 Å². The van der Waals surface area contributed by atoms with E-state index in [0.717, 1.165) is 6.08 Å². The molecule has 31 heavy (non-hydrogen) atoms. The molecule has 2 aromatic carbocycles. The zero-order valence-corrected chi connectivity index (χ0v) is 17.6. The number of benzene rings is 2. The van der Waals surface area contributed by atoms with E-state index in [1.54, 1.807) is 12.1 Å². The second kappa shape index (κ2) is 10.6. The smallest absolute Gasteiger partial charge is 0.203 e. The second-order valence-corrected chi connectivity index (χ2v) is 6.19. The molecule has 164 valence electrons. The van der Waals surface area contributed by atoms with Crippen LogP contribution in [0.15, 0.2) is 48.3 Å². The third-order valence-electron chi connectivity index (χ3n) is 4.14. The Morgan fingerprint density at radius 3 is 1.61 bits per heavy atom. The lowest BCUT2D eigenvalue weighted by molar-refractivity contribution is -0.110. The van der Waals surface area contributed by atoms with Crippen LogP contribution in [0.2, 0.25) is 0 Å². The Morgan fingerprint density at radius 2 is 1.19 bits per heavy atom. The minimum absolute atomic E-state index is 0.123. The fourth-order valence-corrected chi connectivity index (χ4v) is 2.72. The van der Waals surface area contributed by atoms with E-state index in [2.05, 4.69) is 0 Å². The molecule has 0 fully saturated rings. The predicted octanol–water partition coefficient (Wildman–Crippen LogP) is 3.87. The minimum Gasteiger partial charge on any atom is -0.508 e. The number of hydrogen-bond acceptors (Lipinski definition) is 8. The Balaban J connectivity index is 2.15. The number of phenols is 2. The van der Waals surface area contributed by atoms with Crippen LogP contribution >= 0.6 is 0 Å². The van der Waals surface area contributed by atoms with Gasteiger partial charge in [0.15, 0.2) is 28.8 Å². The van der Waals surface area contributed by atoms with Crippen LogP contribution in [0, 0.1) is 0 Å². The molecule has 0 amide bonds. The van der Waals surface area contributed by atoms with Crippen molar-refractivity contribution in [1.29, 1.82) is 0 Å². The molecule has 0 unspecified atom stereocenters. The number of carbonyl (C=O) groups excluding carboxylic acids is 1.